The Morgan fingerprint density at radius 1 is 1.42 bits per heavy atom. The van der Waals surface area contributed by atoms with Crippen molar-refractivity contribution >= 4 is 0 Å². The number of hydrogen-bond donors (Lipinski definition) is 1. The smallest absolute Gasteiger partial charge is 0.0807 e. The van der Waals surface area contributed by atoms with Crippen molar-refractivity contribution in [1.29, 1.82) is 0 Å². The molecule has 1 heterocycles. The van der Waals surface area contributed by atoms with Crippen LogP contribution in [-0.2, 0) is 6.42 Å². The third-order valence-electron chi connectivity index (χ3n) is 2.48. The van der Waals surface area contributed by atoms with Crippen molar-refractivity contribution in [1.82, 2.24) is 4.98 Å². The fourth-order valence-corrected chi connectivity index (χ4v) is 1.77. The molecule has 64 valence electrons. The van der Waals surface area contributed by atoms with Crippen molar-refractivity contribution in [2.75, 3.05) is 0 Å². The molecule has 2 rings (SSSR count). The quantitative estimate of drug-likeness (QED) is 0.592. The van der Waals surface area contributed by atoms with E-state index in [4.69, 9.17) is 0 Å². The first-order chi connectivity index (χ1) is 5.88. The van der Waals surface area contributed by atoms with Crippen molar-refractivity contribution in [3.8, 4) is 0 Å². The molecular weight excluding hydrogens is 150 g/mol. The van der Waals surface area contributed by atoms with Gasteiger partial charge in [-0.2, -0.15) is 0 Å². The fraction of sp³-hybridized carbons (Fsp3) is 0.500. The minimum Gasteiger partial charge on any atom is -0.388 e. The lowest BCUT2D eigenvalue weighted by atomic mass is 10.0. The van der Waals surface area contributed by atoms with E-state index in [0.717, 1.165) is 24.8 Å². The molecule has 0 amide bonds. The van der Waals surface area contributed by atoms with Crippen LogP contribution in [0.25, 0.3) is 0 Å². The number of hydrogen-bond acceptors (Lipinski definition) is 2. The van der Waals surface area contributed by atoms with E-state index in [1.54, 1.807) is 12.4 Å². The molecule has 1 N–H and O–H groups in total. The molecule has 0 bridgehead atoms. The highest BCUT2D eigenvalue weighted by Crippen LogP contribution is 2.27. The summed E-state index contributed by atoms with van der Waals surface area (Å²) >= 11 is 0. The highest BCUT2D eigenvalue weighted by atomic mass is 16.3. The van der Waals surface area contributed by atoms with Gasteiger partial charge in [0.1, 0.15) is 0 Å². The molecular formula is C10H13NO. The van der Waals surface area contributed by atoms with Gasteiger partial charge in [0.15, 0.2) is 0 Å². The fourth-order valence-electron chi connectivity index (χ4n) is 1.77. The zero-order valence-electron chi connectivity index (χ0n) is 7.03. The average Bonchev–Trinajstić information content (AvgIpc) is 2.29. The van der Waals surface area contributed by atoms with E-state index in [2.05, 4.69) is 4.98 Å². The van der Waals surface area contributed by atoms with Gasteiger partial charge in [0.2, 0.25) is 0 Å². The van der Waals surface area contributed by atoms with Crippen molar-refractivity contribution in [2.45, 2.75) is 31.8 Å². The summed E-state index contributed by atoms with van der Waals surface area (Å²) in [6.45, 7) is 0. The number of aromatic nitrogens is 1. The van der Waals surface area contributed by atoms with Crippen LogP contribution in [0.15, 0.2) is 18.5 Å². The lowest BCUT2D eigenvalue weighted by Gasteiger charge is -2.09. The van der Waals surface area contributed by atoms with Gasteiger partial charge in [-0.1, -0.05) is 6.42 Å². The zero-order chi connectivity index (χ0) is 8.39. The molecule has 1 aromatic heterocycles. The van der Waals surface area contributed by atoms with Crippen LogP contribution in [0.5, 0.6) is 0 Å². The molecule has 0 aromatic carbocycles. The first kappa shape index (κ1) is 7.74. The van der Waals surface area contributed by atoms with Crippen molar-refractivity contribution < 1.29 is 5.11 Å². The largest absolute Gasteiger partial charge is 0.388 e. The van der Waals surface area contributed by atoms with Crippen LogP contribution in [0.4, 0.5) is 0 Å². The maximum absolute atomic E-state index is 9.70. The number of fused-ring (bicyclic) bond motifs is 1. The lowest BCUT2D eigenvalue weighted by molar-refractivity contribution is 0.166. The second-order valence-corrected chi connectivity index (χ2v) is 3.34. The summed E-state index contributed by atoms with van der Waals surface area (Å²) in [6.07, 6.45) is 7.61. The highest BCUT2D eigenvalue weighted by Gasteiger charge is 2.15. The Kier molecular flexibility index (Phi) is 2.09. The number of pyridine rings is 1. The van der Waals surface area contributed by atoms with Gasteiger partial charge >= 0.3 is 0 Å². The van der Waals surface area contributed by atoms with E-state index in [1.165, 1.54) is 12.0 Å². The van der Waals surface area contributed by atoms with Gasteiger partial charge in [-0.05, 0) is 30.9 Å². The summed E-state index contributed by atoms with van der Waals surface area (Å²) in [6, 6.07) is 2.02. The van der Waals surface area contributed by atoms with E-state index >= 15 is 0 Å². The van der Waals surface area contributed by atoms with Crippen molar-refractivity contribution in [3.05, 3.63) is 29.6 Å². The van der Waals surface area contributed by atoms with Gasteiger partial charge < -0.3 is 5.11 Å². The van der Waals surface area contributed by atoms with Gasteiger partial charge in [-0.25, -0.2) is 0 Å². The van der Waals surface area contributed by atoms with E-state index < -0.39 is 0 Å². The van der Waals surface area contributed by atoms with Gasteiger partial charge in [-0.15, -0.1) is 0 Å². The summed E-state index contributed by atoms with van der Waals surface area (Å²) < 4.78 is 0. The Morgan fingerprint density at radius 2 is 2.33 bits per heavy atom. The minimum atomic E-state index is -0.281. The predicted octanol–water partition coefficient (Wildman–Crippen LogP) is 1.84. The van der Waals surface area contributed by atoms with Crippen LogP contribution < -0.4 is 0 Å². The van der Waals surface area contributed by atoms with Gasteiger partial charge in [0, 0.05) is 18.0 Å². The van der Waals surface area contributed by atoms with Gasteiger partial charge in [0.25, 0.3) is 0 Å². The summed E-state index contributed by atoms with van der Waals surface area (Å²) in [7, 11) is 0. The molecule has 0 fully saturated rings. The maximum atomic E-state index is 9.70. The molecule has 1 aliphatic carbocycles. The molecule has 12 heavy (non-hydrogen) atoms. The Bertz CT molecular complexity index is 272. The van der Waals surface area contributed by atoms with Crippen LogP contribution >= 0.6 is 0 Å². The third kappa shape index (κ3) is 1.34. The standard InChI is InChI=1S/C10H13NO/c12-10-4-2-1-3-8-5-6-11-7-9(8)10/h5-7,10,12H,1-4H2. The molecule has 1 atom stereocenters. The number of rotatable bonds is 0. The highest BCUT2D eigenvalue weighted by molar-refractivity contribution is 5.26. The Morgan fingerprint density at radius 3 is 3.25 bits per heavy atom. The Labute approximate surface area is 72.3 Å². The molecule has 0 aliphatic heterocycles. The van der Waals surface area contributed by atoms with Crippen molar-refractivity contribution in [2.24, 2.45) is 0 Å². The lowest BCUT2D eigenvalue weighted by Crippen LogP contribution is -1.98. The molecule has 0 saturated carbocycles. The number of aryl methyl sites for hydroxylation is 1. The number of aliphatic hydroxyl groups excluding tert-OH is 1. The minimum absolute atomic E-state index is 0.281. The first-order valence-electron chi connectivity index (χ1n) is 4.49. The normalized spacial score (nSPS) is 22.9. The third-order valence-corrected chi connectivity index (χ3v) is 2.48. The monoisotopic (exact) mass is 163 g/mol. The summed E-state index contributed by atoms with van der Waals surface area (Å²) in [5.74, 6) is 0. The molecule has 1 aliphatic rings. The summed E-state index contributed by atoms with van der Waals surface area (Å²) in [5.41, 5.74) is 2.31. The molecule has 2 nitrogen and oxygen atoms in total. The van der Waals surface area contributed by atoms with Crippen molar-refractivity contribution in [3.63, 3.8) is 0 Å². The van der Waals surface area contributed by atoms with E-state index in [9.17, 15) is 5.11 Å². The summed E-state index contributed by atoms with van der Waals surface area (Å²) in [5, 5.41) is 9.70. The van der Waals surface area contributed by atoms with Gasteiger partial charge in [0.05, 0.1) is 6.10 Å². The second-order valence-electron chi connectivity index (χ2n) is 3.34. The molecule has 2 heteroatoms. The average molecular weight is 163 g/mol. The molecule has 1 aromatic rings. The van der Waals surface area contributed by atoms with Crippen LogP contribution in [0.1, 0.15) is 36.5 Å². The number of nitrogens with zero attached hydrogens (tertiary/aromatic N) is 1. The van der Waals surface area contributed by atoms with Gasteiger partial charge in [-0.3, -0.25) is 4.98 Å². The molecule has 0 spiro atoms. The molecule has 0 radical (unpaired) electrons. The topological polar surface area (TPSA) is 33.1 Å². The molecule has 0 saturated heterocycles. The molecule has 1 unspecified atom stereocenters. The SMILES string of the molecule is OC1CCCCc2ccncc21. The van der Waals surface area contributed by atoms with E-state index in [-0.39, 0.29) is 6.10 Å². The maximum Gasteiger partial charge on any atom is 0.0807 e. The Hall–Kier alpha value is -0.890. The van der Waals surface area contributed by atoms with Crippen LogP contribution in [0, 0.1) is 0 Å². The van der Waals surface area contributed by atoms with E-state index in [0.29, 0.717) is 0 Å². The number of aliphatic hydroxyl groups is 1. The van der Waals surface area contributed by atoms with Crippen LogP contribution in [-0.4, -0.2) is 10.1 Å². The van der Waals surface area contributed by atoms with E-state index in [1.807, 2.05) is 6.07 Å². The second kappa shape index (κ2) is 3.23. The first-order valence-corrected chi connectivity index (χ1v) is 4.49. The van der Waals surface area contributed by atoms with Crippen LogP contribution in [0.3, 0.4) is 0 Å². The predicted molar refractivity (Wildman–Crippen MR) is 46.8 cm³/mol. The Balaban J connectivity index is 2.39. The van der Waals surface area contributed by atoms with Crippen LogP contribution in [0.2, 0.25) is 0 Å². The zero-order valence-corrected chi connectivity index (χ0v) is 7.03. The summed E-state index contributed by atoms with van der Waals surface area (Å²) in [4.78, 5) is 4.03.